The molecule has 5 nitrogen and oxygen atoms in total. The quantitative estimate of drug-likeness (QED) is 0.700. The number of hydrogen-bond donors (Lipinski definition) is 2. The summed E-state index contributed by atoms with van der Waals surface area (Å²) in [5, 5.41) is 5.24. The molecule has 0 aliphatic carbocycles. The zero-order valence-corrected chi connectivity index (χ0v) is 15.2. The highest BCUT2D eigenvalue weighted by atomic mass is 19.2. The number of pyridine rings is 1. The highest BCUT2D eigenvalue weighted by Crippen LogP contribution is 2.19. The van der Waals surface area contributed by atoms with Crippen molar-refractivity contribution < 1.29 is 18.4 Å². The summed E-state index contributed by atoms with van der Waals surface area (Å²) in [6, 6.07) is 9.96. The molecule has 7 heteroatoms. The Morgan fingerprint density at radius 2 is 1.54 bits per heavy atom. The van der Waals surface area contributed by atoms with E-state index in [1.165, 1.54) is 24.5 Å². The predicted molar refractivity (Wildman–Crippen MR) is 102 cm³/mol. The second-order valence-corrected chi connectivity index (χ2v) is 6.25. The molecule has 0 unspecified atom stereocenters. The Bertz CT molecular complexity index is 1070. The maximum atomic E-state index is 13.3. The van der Waals surface area contributed by atoms with Gasteiger partial charge < -0.3 is 10.6 Å². The molecular formula is C21H17F2N3O2. The van der Waals surface area contributed by atoms with Crippen LogP contribution in [-0.4, -0.2) is 16.8 Å². The highest BCUT2D eigenvalue weighted by molar-refractivity contribution is 6.08. The van der Waals surface area contributed by atoms with Crippen LogP contribution in [0.5, 0.6) is 0 Å². The van der Waals surface area contributed by atoms with Crippen LogP contribution in [0.4, 0.5) is 20.2 Å². The minimum absolute atomic E-state index is 0.0918. The molecule has 0 radical (unpaired) electrons. The van der Waals surface area contributed by atoms with Gasteiger partial charge in [0.15, 0.2) is 11.6 Å². The molecule has 0 bridgehead atoms. The van der Waals surface area contributed by atoms with E-state index in [0.717, 1.165) is 23.3 Å². The third-order valence-corrected chi connectivity index (χ3v) is 4.29. The Hall–Kier alpha value is -3.61. The summed E-state index contributed by atoms with van der Waals surface area (Å²) < 4.78 is 26.3. The van der Waals surface area contributed by atoms with E-state index in [4.69, 9.17) is 0 Å². The van der Waals surface area contributed by atoms with Crippen molar-refractivity contribution in [3.05, 3.63) is 88.7 Å². The number of carbonyl (C=O) groups is 2. The fourth-order valence-corrected chi connectivity index (χ4v) is 2.55. The van der Waals surface area contributed by atoms with E-state index in [1.807, 2.05) is 26.0 Å². The van der Waals surface area contributed by atoms with Gasteiger partial charge in [-0.3, -0.25) is 14.6 Å². The van der Waals surface area contributed by atoms with Crippen molar-refractivity contribution >= 4 is 23.2 Å². The molecule has 0 atom stereocenters. The molecule has 142 valence electrons. The van der Waals surface area contributed by atoms with Crippen molar-refractivity contribution in [2.75, 3.05) is 10.6 Å². The van der Waals surface area contributed by atoms with E-state index in [-0.39, 0.29) is 16.8 Å². The molecule has 0 aliphatic rings. The van der Waals surface area contributed by atoms with Gasteiger partial charge in [0.1, 0.15) is 0 Å². The molecule has 28 heavy (non-hydrogen) atoms. The lowest BCUT2D eigenvalue weighted by atomic mass is 10.1. The molecule has 0 fully saturated rings. The number of halogens is 2. The number of amides is 2. The Balaban J connectivity index is 1.77. The van der Waals surface area contributed by atoms with Crippen molar-refractivity contribution in [2.24, 2.45) is 0 Å². The van der Waals surface area contributed by atoms with Gasteiger partial charge in [-0.1, -0.05) is 12.1 Å². The molecule has 0 saturated heterocycles. The maximum absolute atomic E-state index is 13.3. The second kappa shape index (κ2) is 7.96. The molecule has 2 aromatic carbocycles. The first kappa shape index (κ1) is 19.2. The molecule has 0 spiro atoms. The molecule has 0 aliphatic heterocycles. The van der Waals surface area contributed by atoms with Crippen molar-refractivity contribution in [2.45, 2.75) is 13.8 Å². The number of nitrogens with zero attached hydrogens (tertiary/aromatic N) is 1. The Labute approximate surface area is 160 Å². The molecule has 2 amide bonds. The van der Waals surface area contributed by atoms with Gasteiger partial charge in [-0.25, -0.2) is 8.78 Å². The molecule has 3 aromatic rings. The summed E-state index contributed by atoms with van der Waals surface area (Å²) in [6.45, 7) is 3.84. The zero-order valence-electron chi connectivity index (χ0n) is 15.2. The van der Waals surface area contributed by atoms with Crippen molar-refractivity contribution in [3.8, 4) is 0 Å². The van der Waals surface area contributed by atoms with Gasteiger partial charge in [-0.2, -0.15) is 0 Å². The van der Waals surface area contributed by atoms with E-state index in [2.05, 4.69) is 15.6 Å². The van der Waals surface area contributed by atoms with Gasteiger partial charge in [-0.15, -0.1) is 0 Å². The van der Waals surface area contributed by atoms with Crippen LogP contribution in [0.3, 0.4) is 0 Å². The molecule has 2 N–H and O–H groups in total. The van der Waals surface area contributed by atoms with Gasteiger partial charge in [-0.05, 0) is 49.2 Å². The maximum Gasteiger partial charge on any atom is 0.257 e. The molecule has 1 aromatic heterocycles. The van der Waals surface area contributed by atoms with Gasteiger partial charge in [0, 0.05) is 29.8 Å². The topological polar surface area (TPSA) is 71.1 Å². The van der Waals surface area contributed by atoms with Crippen LogP contribution in [0, 0.1) is 25.5 Å². The van der Waals surface area contributed by atoms with E-state index in [1.54, 1.807) is 6.07 Å². The Kier molecular flexibility index (Phi) is 5.44. The molecular weight excluding hydrogens is 364 g/mol. The molecule has 3 rings (SSSR count). The molecule has 1 heterocycles. The van der Waals surface area contributed by atoms with Gasteiger partial charge in [0.05, 0.1) is 11.1 Å². The fourth-order valence-electron chi connectivity index (χ4n) is 2.55. The summed E-state index contributed by atoms with van der Waals surface area (Å²) in [5.74, 6) is -3.09. The number of carbonyl (C=O) groups excluding carboxylic acids is 2. The van der Waals surface area contributed by atoms with Crippen LogP contribution in [0.2, 0.25) is 0 Å². The van der Waals surface area contributed by atoms with E-state index in [9.17, 15) is 18.4 Å². The van der Waals surface area contributed by atoms with Crippen LogP contribution in [-0.2, 0) is 0 Å². The lowest BCUT2D eigenvalue weighted by molar-refractivity contribution is 0.102. The number of aromatic nitrogens is 1. The number of nitrogens with one attached hydrogen (secondary N) is 2. The molecule has 0 saturated carbocycles. The van der Waals surface area contributed by atoms with Gasteiger partial charge in [0.25, 0.3) is 11.8 Å². The van der Waals surface area contributed by atoms with Crippen molar-refractivity contribution in [1.82, 2.24) is 4.98 Å². The summed E-state index contributed by atoms with van der Waals surface area (Å²) in [5.41, 5.74) is 3.04. The lowest BCUT2D eigenvalue weighted by Gasteiger charge is -2.11. The lowest BCUT2D eigenvalue weighted by Crippen LogP contribution is -2.17. The minimum Gasteiger partial charge on any atom is -0.322 e. The third-order valence-electron chi connectivity index (χ3n) is 4.29. The van der Waals surface area contributed by atoms with Crippen LogP contribution >= 0.6 is 0 Å². The number of hydrogen-bond acceptors (Lipinski definition) is 3. The standard InChI is InChI=1S/C21H17F2N3O2/c1-12-4-3-5-19(13(12)2)26-21(28)15-8-14(10-24-11-15)20(27)25-16-6-7-17(22)18(23)9-16/h3-11H,1-2H3,(H,25,27)(H,26,28). The van der Waals surface area contributed by atoms with E-state index < -0.39 is 23.4 Å². The van der Waals surface area contributed by atoms with Crippen LogP contribution in [0.25, 0.3) is 0 Å². The normalized spacial score (nSPS) is 10.4. The number of aryl methyl sites for hydroxylation is 1. The summed E-state index contributed by atoms with van der Waals surface area (Å²) in [4.78, 5) is 28.8. The SMILES string of the molecule is Cc1cccc(NC(=O)c2cncc(C(=O)Nc3ccc(F)c(F)c3)c2)c1C. The smallest absolute Gasteiger partial charge is 0.257 e. The van der Waals surface area contributed by atoms with Gasteiger partial charge >= 0.3 is 0 Å². The summed E-state index contributed by atoms with van der Waals surface area (Å²) in [6.07, 6.45) is 2.62. The van der Waals surface area contributed by atoms with Gasteiger partial charge in [0.2, 0.25) is 0 Å². The first-order chi connectivity index (χ1) is 13.3. The summed E-state index contributed by atoms with van der Waals surface area (Å²) >= 11 is 0. The van der Waals surface area contributed by atoms with E-state index >= 15 is 0 Å². The van der Waals surface area contributed by atoms with Crippen LogP contribution in [0.15, 0.2) is 54.9 Å². The Morgan fingerprint density at radius 1 is 0.857 bits per heavy atom. The van der Waals surface area contributed by atoms with Crippen LogP contribution in [0.1, 0.15) is 31.8 Å². The van der Waals surface area contributed by atoms with Crippen LogP contribution < -0.4 is 10.6 Å². The fraction of sp³-hybridized carbons (Fsp3) is 0.0952. The van der Waals surface area contributed by atoms with E-state index in [0.29, 0.717) is 5.69 Å². The largest absolute Gasteiger partial charge is 0.322 e. The minimum atomic E-state index is -1.07. The van der Waals surface area contributed by atoms with Crippen molar-refractivity contribution in [1.29, 1.82) is 0 Å². The highest BCUT2D eigenvalue weighted by Gasteiger charge is 2.14. The summed E-state index contributed by atoms with van der Waals surface area (Å²) in [7, 11) is 0. The average molecular weight is 381 g/mol. The number of anilines is 2. The first-order valence-electron chi connectivity index (χ1n) is 8.44. The monoisotopic (exact) mass is 381 g/mol. The third kappa shape index (κ3) is 4.20. The average Bonchev–Trinajstić information content (AvgIpc) is 2.68. The Morgan fingerprint density at radius 3 is 2.21 bits per heavy atom. The number of rotatable bonds is 4. The zero-order chi connectivity index (χ0) is 20.3. The second-order valence-electron chi connectivity index (χ2n) is 6.25. The number of benzene rings is 2. The van der Waals surface area contributed by atoms with Crippen molar-refractivity contribution in [3.63, 3.8) is 0 Å². The predicted octanol–water partition coefficient (Wildman–Crippen LogP) is 4.48. The first-order valence-corrected chi connectivity index (χ1v) is 8.44.